The fourth-order valence-corrected chi connectivity index (χ4v) is 2.42. The van der Waals surface area contributed by atoms with Gasteiger partial charge in [-0.05, 0) is 43.1 Å². The van der Waals surface area contributed by atoms with E-state index in [0.29, 0.717) is 0 Å². The Hall–Kier alpha value is -1.47. The molecule has 0 aliphatic rings. The molecule has 0 amide bonds. The second-order valence-electron chi connectivity index (χ2n) is 4.50. The highest BCUT2D eigenvalue weighted by molar-refractivity contribution is 7.05. The summed E-state index contributed by atoms with van der Waals surface area (Å²) >= 11 is 1.40. The number of halogens is 3. The minimum Gasteiger partial charge on any atom is -0.303 e. The van der Waals surface area contributed by atoms with Crippen LogP contribution in [0.5, 0.6) is 0 Å². The van der Waals surface area contributed by atoms with Crippen LogP contribution in [0.1, 0.15) is 42.1 Å². The first kappa shape index (κ1) is 14.9. The standard InChI is InChI=1S/C13H14F3N3S/c1-8(19-9(2)11-5-6-18-20-11)10-3-4-12(17-7-10)13(14,15)16/h3-9,19H,1-2H3/t8-,9?/m1/s1. The quantitative estimate of drug-likeness (QED) is 0.928. The molecular weight excluding hydrogens is 287 g/mol. The average Bonchev–Trinajstić information content (AvgIpc) is 2.91. The smallest absolute Gasteiger partial charge is 0.303 e. The number of alkyl halides is 3. The minimum absolute atomic E-state index is 0.0831. The van der Waals surface area contributed by atoms with Crippen molar-refractivity contribution in [2.75, 3.05) is 0 Å². The van der Waals surface area contributed by atoms with Gasteiger partial charge in [0.25, 0.3) is 0 Å². The summed E-state index contributed by atoms with van der Waals surface area (Å²) in [5.74, 6) is 0. The molecule has 1 unspecified atom stereocenters. The summed E-state index contributed by atoms with van der Waals surface area (Å²) in [5, 5.41) is 3.31. The van der Waals surface area contributed by atoms with Gasteiger partial charge < -0.3 is 5.32 Å². The Kier molecular flexibility index (Phi) is 4.39. The number of pyridine rings is 1. The average molecular weight is 301 g/mol. The summed E-state index contributed by atoms with van der Waals surface area (Å²) in [4.78, 5) is 4.55. The van der Waals surface area contributed by atoms with Crippen LogP contribution in [0.4, 0.5) is 13.2 Å². The van der Waals surface area contributed by atoms with Crippen molar-refractivity contribution in [2.24, 2.45) is 0 Å². The van der Waals surface area contributed by atoms with Gasteiger partial charge in [-0.3, -0.25) is 4.98 Å². The maximum atomic E-state index is 12.4. The summed E-state index contributed by atoms with van der Waals surface area (Å²) in [6.45, 7) is 3.88. The largest absolute Gasteiger partial charge is 0.433 e. The van der Waals surface area contributed by atoms with E-state index in [4.69, 9.17) is 0 Å². The lowest BCUT2D eigenvalue weighted by Gasteiger charge is -2.19. The number of hydrogen-bond donors (Lipinski definition) is 1. The Bertz CT molecular complexity index is 537. The highest BCUT2D eigenvalue weighted by Gasteiger charge is 2.32. The van der Waals surface area contributed by atoms with E-state index < -0.39 is 11.9 Å². The molecule has 0 aromatic carbocycles. The zero-order valence-electron chi connectivity index (χ0n) is 11.0. The van der Waals surface area contributed by atoms with Gasteiger partial charge >= 0.3 is 6.18 Å². The lowest BCUT2D eigenvalue weighted by atomic mass is 10.1. The molecular formula is C13H14F3N3S. The van der Waals surface area contributed by atoms with E-state index in [0.717, 1.165) is 16.5 Å². The molecule has 1 N–H and O–H groups in total. The van der Waals surface area contributed by atoms with E-state index in [1.165, 1.54) is 23.8 Å². The normalized spacial score (nSPS) is 15.1. The highest BCUT2D eigenvalue weighted by atomic mass is 32.1. The molecule has 3 nitrogen and oxygen atoms in total. The summed E-state index contributed by atoms with van der Waals surface area (Å²) in [6, 6.07) is 4.36. The van der Waals surface area contributed by atoms with Crippen LogP contribution in [0.25, 0.3) is 0 Å². The predicted octanol–water partition coefficient (Wildman–Crippen LogP) is 3.97. The van der Waals surface area contributed by atoms with Gasteiger partial charge in [0.1, 0.15) is 5.69 Å². The van der Waals surface area contributed by atoms with Gasteiger partial charge in [0.15, 0.2) is 0 Å². The molecule has 2 rings (SSSR count). The molecule has 0 saturated carbocycles. The molecule has 0 fully saturated rings. The Morgan fingerprint density at radius 2 is 1.90 bits per heavy atom. The molecule has 0 aliphatic carbocycles. The Balaban J connectivity index is 2.04. The van der Waals surface area contributed by atoms with Crippen molar-refractivity contribution in [3.05, 3.63) is 46.7 Å². The first-order valence-electron chi connectivity index (χ1n) is 6.07. The van der Waals surface area contributed by atoms with Gasteiger partial charge in [0.2, 0.25) is 0 Å². The SMILES string of the molecule is CC(N[C@H](C)c1ccc(C(F)(F)F)nc1)c1ccns1. The van der Waals surface area contributed by atoms with Crippen LogP contribution < -0.4 is 5.32 Å². The molecule has 2 atom stereocenters. The second kappa shape index (κ2) is 5.88. The first-order valence-corrected chi connectivity index (χ1v) is 6.85. The highest BCUT2D eigenvalue weighted by Crippen LogP contribution is 2.28. The molecule has 0 spiro atoms. The van der Waals surface area contributed by atoms with Crippen molar-refractivity contribution in [1.82, 2.24) is 14.7 Å². The Morgan fingerprint density at radius 1 is 1.15 bits per heavy atom. The summed E-state index contributed by atoms with van der Waals surface area (Å²) < 4.78 is 41.3. The van der Waals surface area contributed by atoms with E-state index in [-0.39, 0.29) is 12.1 Å². The van der Waals surface area contributed by atoms with Crippen molar-refractivity contribution in [2.45, 2.75) is 32.1 Å². The third-order valence-electron chi connectivity index (χ3n) is 2.96. The van der Waals surface area contributed by atoms with Crippen molar-refractivity contribution < 1.29 is 13.2 Å². The van der Waals surface area contributed by atoms with Crippen molar-refractivity contribution in [3.8, 4) is 0 Å². The molecule has 0 bridgehead atoms. The van der Waals surface area contributed by atoms with Crippen LogP contribution in [0, 0.1) is 0 Å². The topological polar surface area (TPSA) is 37.8 Å². The number of nitrogens with one attached hydrogen (secondary N) is 1. The third-order valence-corrected chi connectivity index (χ3v) is 3.89. The van der Waals surface area contributed by atoms with E-state index in [9.17, 15) is 13.2 Å². The fraction of sp³-hybridized carbons (Fsp3) is 0.385. The molecule has 0 saturated heterocycles. The number of rotatable bonds is 4. The van der Waals surface area contributed by atoms with Crippen LogP contribution in [-0.2, 0) is 6.18 Å². The Morgan fingerprint density at radius 3 is 2.40 bits per heavy atom. The van der Waals surface area contributed by atoms with Crippen molar-refractivity contribution in [1.29, 1.82) is 0 Å². The van der Waals surface area contributed by atoms with Gasteiger partial charge in [-0.25, -0.2) is 4.37 Å². The molecule has 0 radical (unpaired) electrons. The summed E-state index contributed by atoms with van der Waals surface area (Å²) in [5.41, 5.74) is -0.154. The number of hydrogen-bond acceptors (Lipinski definition) is 4. The molecule has 20 heavy (non-hydrogen) atoms. The van der Waals surface area contributed by atoms with Crippen LogP contribution in [0.15, 0.2) is 30.6 Å². The second-order valence-corrected chi connectivity index (χ2v) is 5.36. The molecule has 0 aliphatic heterocycles. The maximum Gasteiger partial charge on any atom is 0.433 e. The lowest BCUT2D eigenvalue weighted by Crippen LogP contribution is -2.22. The summed E-state index contributed by atoms with van der Waals surface area (Å²) in [6.07, 6.45) is -1.41. The molecule has 7 heteroatoms. The van der Waals surface area contributed by atoms with Crippen LogP contribution >= 0.6 is 11.5 Å². The zero-order valence-corrected chi connectivity index (χ0v) is 11.8. The fourth-order valence-electron chi connectivity index (χ4n) is 1.83. The predicted molar refractivity (Wildman–Crippen MR) is 71.3 cm³/mol. The van der Waals surface area contributed by atoms with E-state index >= 15 is 0 Å². The van der Waals surface area contributed by atoms with Gasteiger partial charge in [0.05, 0.1) is 0 Å². The van der Waals surface area contributed by atoms with E-state index in [1.807, 2.05) is 19.9 Å². The van der Waals surface area contributed by atoms with Gasteiger partial charge in [-0.15, -0.1) is 0 Å². The monoisotopic (exact) mass is 301 g/mol. The maximum absolute atomic E-state index is 12.4. The van der Waals surface area contributed by atoms with Gasteiger partial charge in [0, 0.05) is 29.4 Å². The molecule has 2 aromatic heterocycles. The lowest BCUT2D eigenvalue weighted by molar-refractivity contribution is -0.141. The molecule has 2 heterocycles. The number of aromatic nitrogens is 2. The molecule has 108 valence electrons. The summed E-state index contributed by atoms with van der Waals surface area (Å²) in [7, 11) is 0. The first-order chi connectivity index (χ1) is 9.38. The van der Waals surface area contributed by atoms with Crippen LogP contribution in [0.2, 0.25) is 0 Å². The van der Waals surface area contributed by atoms with Crippen LogP contribution in [0.3, 0.4) is 0 Å². The van der Waals surface area contributed by atoms with Gasteiger partial charge in [-0.2, -0.15) is 13.2 Å². The van der Waals surface area contributed by atoms with E-state index in [2.05, 4.69) is 14.7 Å². The number of nitrogens with zero attached hydrogens (tertiary/aromatic N) is 2. The Labute approximate surface area is 119 Å². The van der Waals surface area contributed by atoms with Gasteiger partial charge in [-0.1, -0.05) is 6.07 Å². The third kappa shape index (κ3) is 3.55. The van der Waals surface area contributed by atoms with E-state index in [1.54, 1.807) is 6.20 Å². The van der Waals surface area contributed by atoms with Crippen molar-refractivity contribution >= 4 is 11.5 Å². The van der Waals surface area contributed by atoms with Crippen molar-refractivity contribution in [3.63, 3.8) is 0 Å². The molecule has 2 aromatic rings. The van der Waals surface area contributed by atoms with Crippen LogP contribution in [-0.4, -0.2) is 9.36 Å². The minimum atomic E-state index is -4.40. The zero-order chi connectivity index (χ0) is 14.8.